The number of benzene rings is 5. The quantitative estimate of drug-likeness (QED) is 0.0260. The van der Waals surface area contributed by atoms with Crippen LogP contribution in [0.15, 0.2) is 139 Å². The second-order valence-corrected chi connectivity index (χ2v) is 27.7. The zero-order chi connectivity index (χ0) is 56.6. The number of carboxylic acid groups (broad SMARTS) is 1. The summed E-state index contributed by atoms with van der Waals surface area (Å²) in [5.41, 5.74) is 6.15. The minimum absolute atomic E-state index is 0.00325. The second-order valence-electron chi connectivity index (χ2n) is 20.4. The lowest BCUT2D eigenvalue weighted by Gasteiger charge is -2.36. The molecule has 3 heterocycles. The van der Waals surface area contributed by atoms with Crippen molar-refractivity contribution in [3.63, 3.8) is 0 Å². The van der Waals surface area contributed by atoms with Crippen molar-refractivity contribution in [3.8, 4) is 61.8 Å². The molecule has 19 heteroatoms. The van der Waals surface area contributed by atoms with Gasteiger partial charge in [-0.3, -0.25) is 4.18 Å². The number of carboxylic acids is 1. The molecule has 0 radical (unpaired) electrons. The van der Waals surface area contributed by atoms with Crippen LogP contribution in [0.1, 0.15) is 48.7 Å². The van der Waals surface area contributed by atoms with Gasteiger partial charge in [0.05, 0.1) is 41.9 Å². The molecule has 0 saturated carbocycles. The predicted octanol–water partition coefficient (Wildman–Crippen LogP) is 12.9. The maximum Gasteiger partial charge on any atom is 0.345 e. The molecule has 15 nitrogen and oxygen atoms in total. The van der Waals surface area contributed by atoms with Crippen LogP contribution in [0.4, 0.5) is 4.39 Å². The molecule has 0 amide bonds. The van der Waals surface area contributed by atoms with Gasteiger partial charge in [0.1, 0.15) is 59.3 Å². The first-order valence-electron chi connectivity index (χ1n) is 25.4. The van der Waals surface area contributed by atoms with Crippen LogP contribution in [0.25, 0.3) is 43.2 Å². The number of thiophene rings is 1. The molecule has 0 saturated heterocycles. The molecule has 0 aliphatic heterocycles. The molecule has 0 spiro atoms. The summed E-state index contributed by atoms with van der Waals surface area (Å²) in [6.45, 7) is 19.9. The molecule has 5 aromatic carbocycles. The molecule has 8 aromatic rings. The average Bonchev–Trinajstić information content (AvgIpc) is 3.98. The van der Waals surface area contributed by atoms with E-state index in [1.807, 2.05) is 51.1 Å². The molecule has 1 N–H and O–H groups in total. The van der Waals surface area contributed by atoms with E-state index in [0.717, 1.165) is 22.3 Å². The van der Waals surface area contributed by atoms with E-state index in [9.17, 15) is 22.7 Å². The lowest BCUT2D eigenvalue weighted by Crippen LogP contribution is -2.43. The van der Waals surface area contributed by atoms with Crippen molar-refractivity contribution in [2.75, 3.05) is 26.9 Å². The summed E-state index contributed by atoms with van der Waals surface area (Å²) in [7, 11) is -4.92. The van der Waals surface area contributed by atoms with Gasteiger partial charge in [0.15, 0.2) is 5.82 Å². The van der Waals surface area contributed by atoms with E-state index in [1.54, 1.807) is 74.0 Å². The minimum atomic E-state index is -4.14. The van der Waals surface area contributed by atoms with Gasteiger partial charge in [0, 0.05) is 28.6 Å². The molecule has 8 rings (SSSR count). The average molecular weight is 1130 g/mol. The Labute approximate surface area is 465 Å². The molecule has 0 aliphatic carbocycles. The van der Waals surface area contributed by atoms with Crippen LogP contribution in [0, 0.1) is 26.6 Å². The fraction of sp³-hybridized carbons (Fsp3) is 0.283. The summed E-state index contributed by atoms with van der Waals surface area (Å²) in [5.74, 6) is 0.725. The molecule has 0 aliphatic rings. The van der Waals surface area contributed by atoms with Gasteiger partial charge in [-0.15, -0.1) is 17.9 Å². The van der Waals surface area contributed by atoms with Crippen LogP contribution in [-0.4, -0.2) is 86.9 Å². The lowest BCUT2D eigenvalue weighted by molar-refractivity contribution is -0.145. The second kappa shape index (κ2) is 24.6. The standard InChI is InChI=1S/C60H63FN4O11S2Si/c1-11-28-71-34-46(35-73-78(68,69)47-23-16-37(2)17-24-47)74-45-29-38(3)52(39(4)30-45)53-54-57(63-36-64-58(54)77-55(53)40-18-20-42(61)21-19-40)75-51(59(66)67)32-41-31-44(76-79(9,10)60(5,6)7)22-25-49(41)72-33-43-26-27-62-56(65-43)48-14-12-13-15-50(48)70-8/h11-27,29-31,36,46,51H,1,28,32-35H2,2-10H3,(H,66,67). The first kappa shape index (κ1) is 57.6. The smallest absolute Gasteiger partial charge is 0.345 e. The highest BCUT2D eigenvalue weighted by Crippen LogP contribution is 2.49. The molecule has 0 fully saturated rings. The van der Waals surface area contributed by atoms with Crippen molar-refractivity contribution in [1.82, 2.24) is 19.9 Å². The Bertz CT molecular complexity index is 3570. The highest BCUT2D eigenvalue weighted by molar-refractivity contribution is 7.86. The third-order valence-electron chi connectivity index (χ3n) is 13.5. The van der Waals surface area contributed by atoms with E-state index in [2.05, 4.69) is 55.4 Å². The lowest BCUT2D eigenvalue weighted by atomic mass is 9.92. The molecule has 2 unspecified atom stereocenters. The highest BCUT2D eigenvalue weighted by atomic mass is 32.2. The van der Waals surface area contributed by atoms with Crippen molar-refractivity contribution in [3.05, 3.63) is 168 Å². The van der Waals surface area contributed by atoms with Gasteiger partial charge >= 0.3 is 5.97 Å². The maximum absolute atomic E-state index is 14.5. The minimum Gasteiger partial charge on any atom is -0.543 e. The number of ether oxygens (including phenoxy) is 5. The SMILES string of the molecule is C=CCOCC(COS(=O)(=O)c1ccc(C)cc1)Oc1cc(C)c(-c2c(-c3ccc(F)cc3)sc3ncnc(OC(Cc4cc(O[Si](C)(C)C(C)(C)C)ccc4OCc4ccnc(-c5ccccc5OC)n4)C(=O)O)c23)c(C)c1. The number of halogens is 1. The van der Waals surface area contributed by atoms with Gasteiger partial charge in [0.2, 0.25) is 20.3 Å². The Hall–Kier alpha value is -7.55. The number of aliphatic carboxylic acids is 1. The molecular formula is C60H63FN4O11S2Si. The fourth-order valence-corrected chi connectivity index (χ4v) is 11.5. The number of carbonyl (C=O) groups is 1. The van der Waals surface area contributed by atoms with E-state index in [-0.39, 0.29) is 48.7 Å². The van der Waals surface area contributed by atoms with Crippen molar-refractivity contribution < 1.29 is 55.0 Å². The van der Waals surface area contributed by atoms with Crippen LogP contribution >= 0.6 is 11.3 Å². The van der Waals surface area contributed by atoms with Gasteiger partial charge in [-0.05, 0) is 134 Å². The number of nitrogens with zero attached hydrogens (tertiary/aromatic N) is 4. The maximum atomic E-state index is 14.5. The van der Waals surface area contributed by atoms with Crippen LogP contribution in [0.5, 0.6) is 28.9 Å². The monoisotopic (exact) mass is 1130 g/mol. The van der Waals surface area contributed by atoms with E-state index in [0.29, 0.717) is 71.9 Å². The molecule has 2 atom stereocenters. The molecular weight excluding hydrogens is 1060 g/mol. The summed E-state index contributed by atoms with van der Waals surface area (Å²) in [5, 5.41) is 11.3. The van der Waals surface area contributed by atoms with Crippen LogP contribution < -0.4 is 23.4 Å². The zero-order valence-electron chi connectivity index (χ0n) is 45.5. The molecule has 412 valence electrons. The van der Waals surface area contributed by atoms with Gasteiger partial charge in [-0.2, -0.15) is 8.42 Å². The van der Waals surface area contributed by atoms with Crippen LogP contribution in [-0.2, 0) is 36.9 Å². The van der Waals surface area contributed by atoms with E-state index in [1.165, 1.54) is 41.9 Å². The predicted molar refractivity (Wildman–Crippen MR) is 306 cm³/mol. The van der Waals surface area contributed by atoms with Gasteiger partial charge in [0.25, 0.3) is 10.1 Å². The Morgan fingerprint density at radius 1 is 0.848 bits per heavy atom. The summed E-state index contributed by atoms with van der Waals surface area (Å²) < 4.78 is 84.0. The van der Waals surface area contributed by atoms with Gasteiger partial charge in [-0.1, -0.05) is 68.8 Å². The molecule has 0 bridgehead atoms. The number of hydrogen-bond donors (Lipinski definition) is 1. The molecule has 79 heavy (non-hydrogen) atoms. The first-order chi connectivity index (χ1) is 37.6. The first-order valence-corrected chi connectivity index (χ1v) is 30.5. The van der Waals surface area contributed by atoms with Crippen LogP contribution in [0.3, 0.4) is 0 Å². The van der Waals surface area contributed by atoms with Gasteiger partial charge < -0.3 is 33.2 Å². The summed E-state index contributed by atoms with van der Waals surface area (Å²) in [4.78, 5) is 33.3. The van der Waals surface area contributed by atoms with Crippen molar-refractivity contribution >= 4 is 46.0 Å². The third kappa shape index (κ3) is 13.8. The van der Waals surface area contributed by atoms with E-state index < -0.39 is 42.4 Å². The Morgan fingerprint density at radius 2 is 1.57 bits per heavy atom. The van der Waals surface area contributed by atoms with Gasteiger partial charge in [-0.25, -0.2) is 29.1 Å². The molecule has 3 aromatic heterocycles. The van der Waals surface area contributed by atoms with E-state index >= 15 is 0 Å². The third-order valence-corrected chi connectivity index (χ3v) is 20.3. The number of para-hydroxylation sites is 1. The number of fused-ring (bicyclic) bond motifs is 1. The summed E-state index contributed by atoms with van der Waals surface area (Å²) in [6, 6.07) is 30.6. The summed E-state index contributed by atoms with van der Waals surface area (Å²) in [6.07, 6.45) is 1.98. The zero-order valence-corrected chi connectivity index (χ0v) is 48.2. The van der Waals surface area contributed by atoms with Crippen LogP contribution in [0.2, 0.25) is 18.1 Å². The Balaban J connectivity index is 1.16. The Morgan fingerprint density at radius 3 is 2.25 bits per heavy atom. The number of hydrogen-bond acceptors (Lipinski definition) is 15. The normalized spacial score (nSPS) is 12.7. The van der Waals surface area contributed by atoms with Crippen molar-refractivity contribution in [2.45, 2.75) is 89.8 Å². The van der Waals surface area contributed by atoms with Crippen molar-refractivity contribution in [2.24, 2.45) is 0 Å². The topological polar surface area (TPSA) is 188 Å². The number of aromatic nitrogens is 4. The Kier molecular flexibility index (Phi) is 18.0. The van der Waals surface area contributed by atoms with Crippen molar-refractivity contribution in [1.29, 1.82) is 0 Å². The highest BCUT2D eigenvalue weighted by Gasteiger charge is 2.39. The fourth-order valence-electron chi connectivity index (χ4n) is 8.42. The number of aryl methyl sites for hydroxylation is 3. The van der Waals surface area contributed by atoms with E-state index in [4.69, 9.17) is 37.3 Å². The number of rotatable bonds is 24. The summed E-state index contributed by atoms with van der Waals surface area (Å²) >= 11 is 1.32. The number of methoxy groups -OCH3 is 1. The largest absolute Gasteiger partial charge is 0.543 e.